The summed E-state index contributed by atoms with van der Waals surface area (Å²) < 4.78 is 5.89. The summed E-state index contributed by atoms with van der Waals surface area (Å²) in [7, 11) is 0. The van der Waals surface area contributed by atoms with E-state index in [0.29, 0.717) is 11.8 Å². The largest absolute Gasteiger partial charge is 0.489 e. The molecule has 2 aromatic heterocycles. The molecule has 1 aromatic carbocycles. The van der Waals surface area contributed by atoms with Gasteiger partial charge < -0.3 is 9.64 Å². The predicted octanol–water partition coefficient (Wildman–Crippen LogP) is 4.17. The molecule has 0 unspecified atom stereocenters. The second kappa shape index (κ2) is 6.84. The first kappa shape index (κ1) is 16.1. The second-order valence-electron chi connectivity index (χ2n) is 6.21. The van der Waals surface area contributed by atoms with E-state index in [1.54, 1.807) is 6.20 Å². The third-order valence-corrected chi connectivity index (χ3v) is 4.74. The van der Waals surface area contributed by atoms with Gasteiger partial charge in [-0.3, -0.25) is 0 Å². The number of rotatable bonds is 4. The number of halogens is 1. The molecular formula is C19H19ClN4O. The minimum absolute atomic E-state index is 0.376. The number of fused-ring (bicyclic) bond motifs is 1. The van der Waals surface area contributed by atoms with E-state index in [1.807, 2.05) is 37.3 Å². The Bertz CT molecular complexity index is 909. The van der Waals surface area contributed by atoms with Crippen molar-refractivity contribution in [3.8, 4) is 5.75 Å². The van der Waals surface area contributed by atoms with E-state index in [-0.39, 0.29) is 0 Å². The first-order valence-corrected chi connectivity index (χ1v) is 8.84. The van der Waals surface area contributed by atoms with Crippen molar-refractivity contribution in [3.05, 3.63) is 53.1 Å². The van der Waals surface area contributed by atoms with E-state index in [4.69, 9.17) is 16.3 Å². The fraction of sp³-hybridized carbons (Fsp3) is 0.316. The van der Waals surface area contributed by atoms with Gasteiger partial charge in [-0.1, -0.05) is 17.7 Å². The van der Waals surface area contributed by atoms with Crippen LogP contribution in [0, 0.1) is 6.92 Å². The van der Waals surface area contributed by atoms with E-state index >= 15 is 0 Å². The molecule has 3 aromatic rings. The smallest absolute Gasteiger partial charge is 0.140 e. The predicted molar refractivity (Wildman–Crippen MR) is 99.3 cm³/mol. The Labute approximate surface area is 151 Å². The average Bonchev–Trinajstić information content (AvgIpc) is 3.14. The Balaban J connectivity index is 1.62. The van der Waals surface area contributed by atoms with Crippen molar-refractivity contribution in [3.63, 3.8) is 0 Å². The Kier molecular flexibility index (Phi) is 4.40. The van der Waals surface area contributed by atoms with Gasteiger partial charge in [-0.25, -0.2) is 15.0 Å². The van der Waals surface area contributed by atoms with Crippen molar-refractivity contribution in [2.45, 2.75) is 26.4 Å². The zero-order valence-electron chi connectivity index (χ0n) is 14.1. The second-order valence-corrected chi connectivity index (χ2v) is 6.57. The number of hydrogen-bond acceptors (Lipinski definition) is 5. The van der Waals surface area contributed by atoms with E-state index in [2.05, 4.69) is 19.9 Å². The molecular weight excluding hydrogens is 336 g/mol. The lowest BCUT2D eigenvalue weighted by molar-refractivity contribution is 0.306. The standard InChI is InChI=1S/C19H19ClN4O/c1-13-22-17-11-15(25-12-14-5-4-8-21-18(14)20)6-7-16(17)19(23-13)24-9-2-3-10-24/h4-8,11H,2-3,9-10,12H2,1H3. The minimum atomic E-state index is 0.376. The van der Waals surface area contributed by atoms with Crippen LogP contribution >= 0.6 is 11.6 Å². The first-order valence-electron chi connectivity index (χ1n) is 8.46. The Morgan fingerprint density at radius 2 is 2.00 bits per heavy atom. The molecule has 0 radical (unpaired) electrons. The fourth-order valence-corrected chi connectivity index (χ4v) is 3.33. The van der Waals surface area contributed by atoms with Crippen LogP contribution in [-0.2, 0) is 6.61 Å². The SMILES string of the molecule is Cc1nc(N2CCCC2)c2ccc(OCc3cccnc3Cl)cc2n1. The third-order valence-electron chi connectivity index (χ3n) is 4.40. The molecule has 1 saturated heterocycles. The molecule has 0 atom stereocenters. The molecule has 0 bridgehead atoms. The van der Waals surface area contributed by atoms with Gasteiger partial charge in [0.15, 0.2) is 0 Å². The van der Waals surface area contributed by atoms with Gasteiger partial charge >= 0.3 is 0 Å². The average molecular weight is 355 g/mol. The maximum Gasteiger partial charge on any atom is 0.140 e. The van der Waals surface area contributed by atoms with Gasteiger partial charge in [-0.2, -0.15) is 0 Å². The van der Waals surface area contributed by atoms with Gasteiger partial charge in [-0.15, -0.1) is 0 Å². The normalized spacial score (nSPS) is 14.2. The van der Waals surface area contributed by atoms with Crippen LogP contribution < -0.4 is 9.64 Å². The van der Waals surface area contributed by atoms with E-state index in [1.165, 1.54) is 12.8 Å². The summed E-state index contributed by atoms with van der Waals surface area (Å²) in [5.41, 5.74) is 1.77. The number of aromatic nitrogens is 3. The highest BCUT2D eigenvalue weighted by Crippen LogP contribution is 2.29. The zero-order valence-corrected chi connectivity index (χ0v) is 14.8. The van der Waals surface area contributed by atoms with Crippen molar-refractivity contribution in [1.29, 1.82) is 0 Å². The molecule has 5 nitrogen and oxygen atoms in total. The zero-order chi connectivity index (χ0) is 17.2. The molecule has 0 amide bonds. The molecule has 3 heterocycles. The number of aryl methyl sites for hydroxylation is 1. The highest BCUT2D eigenvalue weighted by Gasteiger charge is 2.17. The van der Waals surface area contributed by atoms with Gasteiger partial charge in [0, 0.05) is 36.3 Å². The van der Waals surface area contributed by atoms with Crippen LogP contribution in [0.2, 0.25) is 5.15 Å². The molecule has 6 heteroatoms. The van der Waals surface area contributed by atoms with Crippen molar-refractivity contribution in [2.24, 2.45) is 0 Å². The summed E-state index contributed by atoms with van der Waals surface area (Å²) >= 11 is 6.08. The van der Waals surface area contributed by atoms with Crippen LogP contribution in [0.5, 0.6) is 5.75 Å². The van der Waals surface area contributed by atoms with Crippen LogP contribution in [0.3, 0.4) is 0 Å². The molecule has 0 N–H and O–H groups in total. The molecule has 1 aliphatic rings. The van der Waals surface area contributed by atoms with Crippen LogP contribution in [-0.4, -0.2) is 28.0 Å². The van der Waals surface area contributed by atoms with Crippen molar-refractivity contribution in [2.75, 3.05) is 18.0 Å². The summed E-state index contributed by atoms with van der Waals surface area (Å²) in [5.74, 6) is 2.57. The maximum absolute atomic E-state index is 6.08. The molecule has 0 spiro atoms. The molecule has 128 valence electrons. The summed E-state index contributed by atoms with van der Waals surface area (Å²) in [6.45, 7) is 4.43. The number of pyridine rings is 1. The monoisotopic (exact) mass is 354 g/mol. The highest BCUT2D eigenvalue weighted by molar-refractivity contribution is 6.30. The van der Waals surface area contributed by atoms with Gasteiger partial charge in [0.2, 0.25) is 0 Å². The lowest BCUT2D eigenvalue weighted by Gasteiger charge is -2.19. The van der Waals surface area contributed by atoms with Crippen LogP contribution in [0.25, 0.3) is 10.9 Å². The van der Waals surface area contributed by atoms with Gasteiger partial charge in [0.1, 0.15) is 29.2 Å². The Hall–Kier alpha value is -2.40. The maximum atomic E-state index is 6.08. The summed E-state index contributed by atoms with van der Waals surface area (Å²) in [4.78, 5) is 15.7. The molecule has 1 fully saturated rings. The summed E-state index contributed by atoms with van der Waals surface area (Å²) in [6, 6.07) is 9.74. The Morgan fingerprint density at radius 3 is 2.80 bits per heavy atom. The van der Waals surface area contributed by atoms with Gasteiger partial charge in [0.05, 0.1) is 5.52 Å². The lowest BCUT2D eigenvalue weighted by atomic mass is 10.2. The number of anilines is 1. The third kappa shape index (κ3) is 3.37. The van der Waals surface area contributed by atoms with Crippen molar-refractivity contribution >= 4 is 28.3 Å². The molecule has 0 saturated carbocycles. The number of ether oxygens (including phenoxy) is 1. The van der Waals surface area contributed by atoms with Gasteiger partial charge in [0.25, 0.3) is 0 Å². The van der Waals surface area contributed by atoms with Crippen LogP contribution in [0.15, 0.2) is 36.5 Å². The van der Waals surface area contributed by atoms with Gasteiger partial charge in [-0.05, 0) is 38.0 Å². The van der Waals surface area contributed by atoms with Crippen molar-refractivity contribution in [1.82, 2.24) is 15.0 Å². The molecule has 0 aliphatic carbocycles. The molecule has 25 heavy (non-hydrogen) atoms. The van der Waals surface area contributed by atoms with Crippen LogP contribution in [0.4, 0.5) is 5.82 Å². The number of hydrogen-bond donors (Lipinski definition) is 0. The summed E-state index contributed by atoms with van der Waals surface area (Å²) in [5, 5.41) is 1.54. The quantitative estimate of drug-likeness (QED) is 0.658. The van der Waals surface area contributed by atoms with Crippen LogP contribution in [0.1, 0.15) is 24.2 Å². The minimum Gasteiger partial charge on any atom is -0.489 e. The lowest BCUT2D eigenvalue weighted by Crippen LogP contribution is -2.20. The topological polar surface area (TPSA) is 51.1 Å². The Morgan fingerprint density at radius 1 is 1.16 bits per heavy atom. The fourth-order valence-electron chi connectivity index (χ4n) is 3.15. The van der Waals surface area contributed by atoms with E-state index in [0.717, 1.165) is 46.9 Å². The first-order chi connectivity index (χ1) is 12.2. The summed E-state index contributed by atoms with van der Waals surface area (Å²) in [6.07, 6.45) is 4.11. The molecule has 1 aliphatic heterocycles. The highest BCUT2D eigenvalue weighted by atomic mass is 35.5. The molecule has 4 rings (SSSR count). The number of nitrogens with zero attached hydrogens (tertiary/aromatic N) is 4. The van der Waals surface area contributed by atoms with Crippen molar-refractivity contribution < 1.29 is 4.74 Å². The van der Waals surface area contributed by atoms with E-state index in [9.17, 15) is 0 Å². The van der Waals surface area contributed by atoms with E-state index < -0.39 is 0 Å². The number of benzene rings is 1.